The molecule has 2 heterocycles. The molecule has 0 spiro atoms. The fraction of sp³-hybridized carbons (Fsp3) is 0.217. The van der Waals surface area contributed by atoms with Gasteiger partial charge in [0.25, 0.3) is 11.8 Å². The van der Waals surface area contributed by atoms with Gasteiger partial charge in [-0.2, -0.15) is 0 Å². The predicted molar refractivity (Wildman–Crippen MR) is 122 cm³/mol. The van der Waals surface area contributed by atoms with Crippen molar-refractivity contribution in [2.45, 2.75) is 19.9 Å². The molecule has 2 amide bonds. The van der Waals surface area contributed by atoms with Crippen molar-refractivity contribution >= 4 is 44.8 Å². The average Bonchev–Trinajstić information content (AvgIpc) is 3.22. The molecule has 0 unspecified atom stereocenters. The summed E-state index contributed by atoms with van der Waals surface area (Å²) in [5, 5.41) is 4.94. The Bertz CT molecular complexity index is 1080. The van der Waals surface area contributed by atoms with E-state index in [0.29, 0.717) is 30.1 Å². The summed E-state index contributed by atoms with van der Waals surface area (Å²) >= 11 is 5.12. The van der Waals surface area contributed by atoms with Crippen LogP contribution in [0.15, 0.2) is 58.4 Å². The van der Waals surface area contributed by atoms with Gasteiger partial charge in [0.2, 0.25) is 0 Å². The molecule has 154 valence electrons. The van der Waals surface area contributed by atoms with Crippen LogP contribution in [0.25, 0.3) is 0 Å². The van der Waals surface area contributed by atoms with Crippen LogP contribution in [0.5, 0.6) is 5.75 Å². The van der Waals surface area contributed by atoms with Crippen LogP contribution >= 0.6 is 27.3 Å². The second-order valence-electron chi connectivity index (χ2n) is 7.11. The van der Waals surface area contributed by atoms with E-state index < -0.39 is 0 Å². The van der Waals surface area contributed by atoms with Gasteiger partial charge < -0.3 is 15.0 Å². The number of carbonyl (C=O) groups is 2. The monoisotopic (exact) mass is 484 g/mol. The highest BCUT2D eigenvalue weighted by molar-refractivity contribution is 9.10. The number of hydrogen-bond acceptors (Lipinski definition) is 4. The minimum Gasteiger partial charge on any atom is -0.484 e. The summed E-state index contributed by atoms with van der Waals surface area (Å²) < 4.78 is 6.47. The first-order chi connectivity index (χ1) is 14.5. The van der Waals surface area contributed by atoms with Crippen molar-refractivity contribution < 1.29 is 14.3 Å². The zero-order valence-corrected chi connectivity index (χ0v) is 18.9. The third-order valence-electron chi connectivity index (χ3n) is 5.12. The van der Waals surface area contributed by atoms with E-state index in [1.807, 2.05) is 30.0 Å². The van der Waals surface area contributed by atoms with Crippen LogP contribution in [0.3, 0.4) is 0 Å². The number of anilines is 1. The predicted octanol–water partition coefficient (Wildman–Crippen LogP) is 5.04. The third-order valence-corrected chi connectivity index (χ3v) is 6.67. The minimum absolute atomic E-state index is 0.00781. The van der Waals surface area contributed by atoms with Gasteiger partial charge in [-0.3, -0.25) is 9.59 Å². The zero-order valence-electron chi connectivity index (χ0n) is 16.5. The van der Waals surface area contributed by atoms with E-state index >= 15 is 0 Å². The molecule has 2 aromatic carbocycles. The number of carbonyl (C=O) groups excluding carboxylic acids is 2. The van der Waals surface area contributed by atoms with E-state index in [9.17, 15) is 9.59 Å². The van der Waals surface area contributed by atoms with Gasteiger partial charge >= 0.3 is 0 Å². The minimum atomic E-state index is -0.272. The van der Waals surface area contributed by atoms with Crippen molar-refractivity contribution in [3.8, 4) is 5.75 Å². The molecule has 30 heavy (non-hydrogen) atoms. The fourth-order valence-electron chi connectivity index (χ4n) is 3.46. The number of nitrogens with zero attached hydrogens (tertiary/aromatic N) is 1. The second kappa shape index (κ2) is 9.02. The summed E-state index contributed by atoms with van der Waals surface area (Å²) in [6, 6.07) is 14.8. The van der Waals surface area contributed by atoms with Crippen molar-refractivity contribution in [2.24, 2.45) is 0 Å². The van der Waals surface area contributed by atoms with E-state index in [4.69, 9.17) is 4.74 Å². The van der Waals surface area contributed by atoms with E-state index in [1.165, 1.54) is 10.4 Å². The number of thiophene rings is 1. The molecule has 7 heteroatoms. The zero-order chi connectivity index (χ0) is 21.1. The van der Waals surface area contributed by atoms with Crippen molar-refractivity contribution in [2.75, 3.05) is 18.5 Å². The maximum atomic E-state index is 13.1. The quantitative estimate of drug-likeness (QED) is 0.551. The SMILES string of the molecule is Cc1c(NC(=O)COc2ccc(Br)cc2)cccc1C(=O)N1CCc2sccc2C1. The number of nitrogens with one attached hydrogen (secondary N) is 1. The first-order valence-corrected chi connectivity index (χ1v) is 11.3. The van der Waals surface area contributed by atoms with Gasteiger partial charge in [0.15, 0.2) is 6.61 Å². The lowest BCUT2D eigenvalue weighted by Crippen LogP contribution is -2.35. The standard InChI is InChI=1S/C23H21BrN2O3S/c1-15-19(23(28)26-11-9-21-16(13-26)10-12-30-21)3-2-4-20(15)25-22(27)14-29-18-7-5-17(24)6-8-18/h2-8,10,12H,9,11,13-14H2,1H3,(H,25,27). The molecular formula is C23H21BrN2O3S. The van der Waals surface area contributed by atoms with E-state index in [-0.39, 0.29) is 18.4 Å². The van der Waals surface area contributed by atoms with Crippen molar-refractivity contribution in [3.05, 3.63) is 80.0 Å². The number of benzene rings is 2. The average molecular weight is 485 g/mol. The Kier molecular flexibility index (Phi) is 6.20. The van der Waals surface area contributed by atoms with Gasteiger partial charge in [-0.15, -0.1) is 11.3 Å². The number of ether oxygens (including phenoxy) is 1. The van der Waals surface area contributed by atoms with Crippen molar-refractivity contribution in [1.29, 1.82) is 0 Å². The van der Waals surface area contributed by atoms with Crippen molar-refractivity contribution in [1.82, 2.24) is 4.90 Å². The fourth-order valence-corrected chi connectivity index (χ4v) is 4.61. The smallest absolute Gasteiger partial charge is 0.262 e. The van der Waals surface area contributed by atoms with Crippen LogP contribution in [0, 0.1) is 6.92 Å². The third kappa shape index (κ3) is 4.57. The molecule has 0 radical (unpaired) electrons. The molecular weight excluding hydrogens is 464 g/mol. The summed E-state index contributed by atoms with van der Waals surface area (Å²) in [5.74, 6) is 0.338. The second-order valence-corrected chi connectivity index (χ2v) is 9.03. The molecule has 0 saturated heterocycles. The molecule has 1 N–H and O–H groups in total. The van der Waals surface area contributed by atoms with E-state index in [1.54, 1.807) is 35.6 Å². The molecule has 5 nitrogen and oxygen atoms in total. The van der Waals surface area contributed by atoms with Gasteiger partial charge in [0, 0.05) is 33.7 Å². The number of amides is 2. The van der Waals surface area contributed by atoms with Crippen LogP contribution in [0.4, 0.5) is 5.69 Å². The highest BCUT2D eigenvalue weighted by Gasteiger charge is 2.24. The Morgan fingerprint density at radius 3 is 2.77 bits per heavy atom. The number of halogens is 1. The van der Waals surface area contributed by atoms with Crippen molar-refractivity contribution in [3.63, 3.8) is 0 Å². The lowest BCUT2D eigenvalue weighted by molar-refractivity contribution is -0.118. The normalized spacial score (nSPS) is 12.9. The van der Waals surface area contributed by atoms with E-state index in [2.05, 4.69) is 32.7 Å². The Hall–Kier alpha value is -2.64. The van der Waals surface area contributed by atoms with Gasteiger partial charge in [0.1, 0.15) is 5.75 Å². The molecule has 0 atom stereocenters. The van der Waals surface area contributed by atoms with Crippen LogP contribution in [-0.2, 0) is 17.8 Å². The number of hydrogen-bond donors (Lipinski definition) is 1. The highest BCUT2D eigenvalue weighted by atomic mass is 79.9. The summed E-state index contributed by atoms with van der Waals surface area (Å²) in [4.78, 5) is 28.7. The maximum Gasteiger partial charge on any atom is 0.262 e. The lowest BCUT2D eigenvalue weighted by Gasteiger charge is -2.28. The number of fused-ring (bicyclic) bond motifs is 1. The number of rotatable bonds is 5. The van der Waals surface area contributed by atoms with Crippen LogP contribution in [0.2, 0.25) is 0 Å². The lowest BCUT2D eigenvalue weighted by atomic mass is 10.0. The maximum absolute atomic E-state index is 13.1. The molecule has 0 aliphatic carbocycles. The largest absolute Gasteiger partial charge is 0.484 e. The summed E-state index contributed by atoms with van der Waals surface area (Å²) in [5.41, 5.74) is 3.22. The molecule has 0 saturated carbocycles. The van der Waals surface area contributed by atoms with Crippen LogP contribution < -0.4 is 10.1 Å². The molecule has 0 fully saturated rings. The van der Waals surface area contributed by atoms with Crippen LogP contribution in [0.1, 0.15) is 26.4 Å². The summed E-state index contributed by atoms with van der Waals surface area (Å²) in [6.45, 7) is 3.10. The Morgan fingerprint density at radius 1 is 1.17 bits per heavy atom. The van der Waals surface area contributed by atoms with Gasteiger partial charge in [0.05, 0.1) is 0 Å². The first kappa shape index (κ1) is 20.6. The Balaban J connectivity index is 1.41. The van der Waals surface area contributed by atoms with Gasteiger partial charge in [-0.05, 0) is 72.3 Å². The molecule has 0 bridgehead atoms. The molecule has 4 rings (SSSR count). The molecule has 1 aliphatic rings. The first-order valence-electron chi connectivity index (χ1n) is 9.63. The van der Waals surface area contributed by atoms with Gasteiger partial charge in [-0.25, -0.2) is 0 Å². The topological polar surface area (TPSA) is 58.6 Å². The molecule has 3 aromatic rings. The molecule has 1 aromatic heterocycles. The highest BCUT2D eigenvalue weighted by Crippen LogP contribution is 2.27. The summed E-state index contributed by atoms with van der Waals surface area (Å²) in [7, 11) is 0. The van der Waals surface area contributed by atoms with Crippen LogP contribution in [-0.4, -0.2) is 29.9 Å². The van der Waals surface area contributed by atoms with E-state index in [0.717, 1.165) is 16.5 Å². The van der Waals surface area contributed by atoms with Gasteiger partial charge in [-0.1, -0.05) is 22.0 Å². The summed E-state index contributed by atoms with van der Waals surface area (Å²) in [6.07, 6.45) is 0.890. The Morgan fingerprint density at radius 2 is 1.97 bits per heavy atom. The molecule has 1 aliphatic heterocycles. The Labute approximate surface area is 187 Å².